The second-order valence-corrected chi connectivity index (χ2v) is 9.43. The summed E-state index contributed by atoms with van der Waals surface area (Å²) in [6, 6.07) is 22.8. The molecular formula is C30H28FN5O. The summed E-state index contributed by atoms with van der Waals surface area (Å²) in [6.45, 7) is 0. The van der Waals surface area contributed by atoms with Crippen LogP contribution < -0.4 is 10.7 Å². The summed E-state index contributed by atoms with van der Waals surface area (Å²) in [5, 5.41) is 4.38. The topological polar surface area (TPSA) is 64.3 Å². The van der Waals surface area contributed by atoms with Crippen LogP contribution in [-0.4, -0.2) is 33.8 Å². The summed E-state index contributed by atoms with van der Waals surface area (Å²) in [6.07, 6.45) is 7.84. The molecule has 2 aromatic carbocycles. The zero-order valence-corrected chi connectivity index (χ0v) is 20.6. The molecule has 1 fully saturated rings. The largest absolute Gasteiger partial charge is 0.381 e. The van der Waals surface area contributed by atoms with Gasteiger partial charge in [0, 0.05) is 19.0 Å². The molecule has 6 nitrogen and oxygen atoms in total. The van der Waals surface area contributed by atoms with E-state index in [9.17, 15) is 4.39 Å². The minimum absolute atomic E-state index is 0.214. The van der Waals surface area contributed by atoms with E-state index in [0.717, 1.165) is 70.5 Å². The van der Waals surface area contributed by atoms with Crippen LogP contribution in [0.4, 0.5) is 15.8 Å². The lowest BCUT2D eigenvalue weighted by Gasteiger charge is -2.25. The van der Waals surface area contributed by atoms with Crippen molar-refractivity contribution in [3.8, 4) is 17.1 Å². The molecule has 37 heavy (non-hydrogen) atoms. The molecule has 0 saturated heterocycles. The first-order valence-electron chi connectivity index (χ1n) is 12.6. The van der Waals surface area contributed by atoms with E-state index in [1.807, 2.05) is 36.4 Å². The number of pyridine rings is 1. The van der Waals surface area contributed by atoms with Crippen molar-refractivity contribution in [2.24, 2.45) is 4.99 Å². The van der Waals surface area contributed by atoms with Crippen LogP contribution in [0.15, 0.2) is 90.2 Å². The number of methoxy groups -OCH3 is 1. The number of hydrogen-bond donors (Lipinski definition) is 1. The van der Waals surface area contributed by atoms with Gasteiger partial charge in [-0.25, -0.2) is 9.37 Å². The summed E-state index contributed by atoms with van der Waals surface area (Å²) < 4.78 is 21.5. The van der Waals surface area contributed by atoms with Gasteiger partial charge in [-0.2, -0.15) is 0 Å². The van der Waals surface area contributed by atoms with Gasteiger partial charge in [0.05, 0.1) is 57.5 Å². The van der Waals surface area contributed by atoms with Gasteiger partial charge in [0.15, 0.2) is 0 Å². The maximum absolute atomic E-state index is 13.8. The number of nitrogens with one attached hydrogen (secondary N) is 1. The van der Waals surface area contributed by atoms with Crippen molar-refractivity contribution < 1.29 is 9.13 Å². The van der Waals surface area contributed by atoms with E-state index >= 15 is 0 Å². The number of anilines is 2. The number of aromatic nitrogens is 3. The lowest BCUT2D eigenvalue weighted by atomic mass is 9.93. The molecule has 186 valence electrons. The predicted octanol–water partition coefficient (Wildman–Crippen LogP) is 6.27. The van der Waals surface area contributed by atoms with E-state index in [-0.39, 0.29) is 11.9 Å². The molecule has 0 amide bonds. The normalized spacial score (nSPS) is 18.4. The number of ether oxygens (including phenoxy) is 1. The Morgan fingerprint density at radius 2 is 1.78 bits per heavy atom. The van der Waals surface area contributed by atoms with Crippen LogP contribution >= 0.6 is 0 Å². The Hall–Kier alpha value is -4.10. The Morgan fingerprint density at radius 3 is 2.54 bits per heavy atom. The summed E-state index contributed by atoms with van der Waals surface area (Å²) >= 11 is 0. The average molecular weight is 494 g/mol. The molecule has 3 aliphatic rings. The molecule has 2 aliphatic carbocycles. The Kier molecular flexibility index (Phi) is 6.37. The van der Waals surface area contributed by atoms with Crippen LogP contribution in [0, 0.1) is 5.82 Å². The zero-order chi connectivity index (χ0) is 25.2. The maximum atomic E-state index is 13.8. The first-order chi connectivity index (χ1) is 18.2. The molecule has 1 N–H and O–H groups in total. The van der Waals surface area contributed by atoms with Crippen molar-refractivity contribution >= 4 is 22.4 Å². The van der Waals surface area contributed by atoms with Crippen molar-refractivity contribution in [3.63, 3.8) is 0 Å². The fourth-order valence-corrected chi connectivity index (χ4v) is 5.12. The number of benzene rings is 3. The molecule has 1 aromatic heterocycles. The Morgan fingerprint density at radius 1 is 0.973 bits per heavy atom. The molecule has 7 heteroatoms. The standard InChI is InChI=1S/C30H28FN5O/c1-37-24-14-10-21(11-15-24)33-27-18-30-28(17-26(27)34-22-5-4-16-32-19-22)35-25-6-2-3-7-29(25)36(30)23-12-8-20(31)9-13-23/h2-9,12-13,16-19,21,24,34H,10-11,14-15H2,1H3/b33-27+. The zero-order valence-electron chi connectivity index (χ0n) is 20.6. The molecule has 0 radical (unpaired) electrons. The fraction of sp³-hybridized carbons (Fsp3) is 0.233. The summed E-state index contributed by atoms with van der Waals surface area (Å²) in [5.41, 5.74) is 6.15. The highest BCUT2D eigenvalue weighted by atomic mass is 19.1. The fourth-order valence-electron chi connectivity index (χ4n) is 5.12. The number of nitrogens with zero attached hydrogens (tertiary/aromatic N) is 4. The molecule has 3 aromatic rings. The molecule has 2 heterocycles. The molecule has 1 saturated carbocycles. The highest BCUT2D eigenvalue weighted by molar-refractivity contribution is 5.84. The van der Waals surface area contributed by atoms with Crippen molar-refractivity contribution in [1.82, 2.24) is 14.5 Å². The molecule has 6 rings (SSSR count). The average Bonchev–Trinajstić information content (AvgIpc) is 2.94. The van der Waals surface area contributed by atoms with Crippen LogP contribution in [0.2, 0.25) is 0 Å². The van der Waals surface area contributed by atoms with Crippen LogP contribution in [0.1, 0.15) is 25.7 Å². The summed E-state index contributed by atoms with van der Waals surface area (Å²) in [7, 11) is 1.78. The first-order valence-corrected chi connectivity index (χ1v) is 12.6. The highest BCUT2D eigenvalue weighted by Crippen LogP contribution is 2.31. The second-order valence-electron chi connectivity index (χ2n) is 9.43. The monoisotopic (exact) mass is 493 g/mol. The molecule has 1 aliphatic heterocycles. The van der Waals surface area contributed by atoms with Crippen molar-refractivity contribution in [2.45, 2.75) is 37.8 Å². The van der Waals surface area contributed by atoms with Gasteiger partial charge in [-0.15, -0.1) is 0 Å². The number of para-hydroxylation sites is 2. The lowest BCUT2D eigenvalue weighted by molar-refractivity contribution is 0.0663. The van der Waals surface area contributed by atoms with Crippen molar-refractivity contribution in [3.05, 3.63) is 96.4 Å². The minimum Gasteiger partial charge on any atom is -0.381 e. The minimum atomic E-state index is -0.266. The van der Waals surface area contributed by atoms with E-state index in [1.54, 1.807) is 31.6 Å². The van der Waals surface area contributed by atoms with Gasteiger partial charge in [0.2, 0.25) is 0 Å². The molecule has 0 bridgehead atoms. The third kappa shape index (κ3) is 4.82. The number of halogens is 1. The van der Waals surface area contributed by atoms with Gasteiger partial charge in [0.1, 0.15) is 5.82 Å². The van der Waals surface area contributed by atoms with Gasteiger partial charge in [0.25, 0.3) is 0 Å². The van der Waals surface area contributed by atoms with Gasteiger partial charge in [-0.05, 0) is 86.3 Å². The SMILES string of the molecule is COC1CCC(/N=c2\cc3n(-c4ccc(F)cc4)c4ccccc4nc-3cc2Nc2cccnc2)CC1. The number of hydrogen-bond acceptors (Lipinski definition) is 5. The Balaban J connectivity index is 1.57. The van der Waals surface area contributed by atoms with Crippen molar-refractivity contribution in [1.29, 1.82) is 0 Å². The van der Waals surface area contributed by atoms with E-state index < -0.39 is 0 Å². The van der Waals surface area contributed by atoms with Crippen molar-refractivity contribution in [2.75, 3.05) is 12.4 Å². The first kappa shape index (κ1) is 23.3. The summed E-state index contributed by atoms with van der Waals surface area (Å²) in [4.78, 5) is 14.5. The van der Waals surface area contributed by atoms with Gasteiger partial charge in [-0.3, -0.25) is 9.98 Å². The van der Waals surface area contributed by atoms with E-state index in [2.05, 4.69) is 27.0 Å². The van der Waals surface area contributed by atoms with E-state index in [0.29, 0.717) is 6.10 Å². The smallest absolute Gasteiger partial charge is 0.123 e. The van der Waals surface area contributed by atoms with Gasteiger partial charge < -0.3 is 14.6 Å². The number of rotatable bonds is 5. The molecular weight excluding hydrogens is 465 g/mol. The molecule has 0 atom stereocenters. The second kappa shape index (κ2) is 10.1. The van der Waals surface area contributed by atoms with Crippen LogP contribution in [0.5, 0.6) is 0 Å². The summed E-state index contributed by atoms with van der Waals surface area (Å²) in [5.74, 6) is -0.266. The quantitative estimate of drug-likeness (QED) is 0.293. The van der Waals surface area contributed by atoms with Gasteiger partial charge >= 0.3 is 0 Å². The molecule has 0 unspecified atom stereocenters. The third-order valence-corrected chi connectivity index (χ3v) is 7.02. The Bertz CT molecular complexity index is 1560. The molecule has 0 spiro atoms. The van der Waals surface area contributed by atoms with Crippen LogP contribution in [-0.2, 0) is 4.74 Å². The van der Waals surface area contributed by atoms with E-state index in [4.69, 9.17) is 14.7 Å². The maximum Gasteiger partial charge on any atom is 0.123 e. The number of fused-ring (bicyclic) bond motifs is 2. The van der Waals surface area contributed by atoms with Gasteiger partial charge in [-0.1, -0.05) is 12.1 Å². The van der Waals surface area contributed by atoms with E-state index in [1.165, 1.54) is 12.1 Å². The predicted molar refractivity (Wildman–Crippen MR) is 144 cm³/mol. The van der Waals surface area contributed by atoms with Crippen LogP contribution in [0.3, 0.4) is 0 Å². The highest BCUT2D eigenvalue weighted by Gasteiger charge is 2.21. The Labute approximate surface area is 214 Å². The van der Waals surface area contributed by atoms with Crippen LogP contribution in [0.25, 0.3) is 28.1 Å². The lowest BCUT2D eigenvalue weighted by Crippen LogP contribution is -2.25. The third-order valence-electron chi connectivity index (χ3n) is 7.02.